The summed E-state index contributed by atoms with van der Waals surface area (Å²) in [6, 6.07) is 8.04. The molecule has 0 aliphatic heterocycles. The van der Waals surface area contributed by atoms with Crippen LogP contribution >= 0.6 is 0 Å². The summed E-state index contributed by atoms with van der Waals surface area (Å²) in [7, 11) is 0. The van der Waals surface area contributed by atoms with Gasteiger partial charge in [0.15, 0.2) is 0 Å². The lowest BCUT2D eigenvalue weighted by atomic mass is 9.95. The van der Waals surface area contributed by atoms with Crippen molar-refractivity contribution in [3.8, 4) is 0 Å². The fourth-order valence-electron chi connectivity index (χ4n) is 1.86. The first-order valence-corrected chi connectivity index (χ1v) is 6.76. The Hall–Kier alpha value is -1.00. The Morgan fingerprint density at radius 2 is 1.74 bits per heavy atom. The molecule has 1 aromatic carbocycles. The molecule has 0 bridgehead atoms. The SMILES string of the molecule is CCC(C)c1ccc(C(N)CCOCC(F)F)cc1. The van der Waals surface area contributed by atoms with Crippen LogP contribution in [-0.4, -0.2) is 19.6 Å². The zero-order valence-electron chi connectivity index (χ0n) is 11.6. The van der Waals surface area contributed by atoms with Crippen molar-refractivity contribution in [2.75, 3.05) is 13.2 Å². The van der Waals surface area contributed by atoms with Crippen molar-refractivity contribution in [3.63, 3.8) is 0 Å². The highest BCUT2D eigenvalue weighted by Crippen LogP contribution is 2.21. The average Bonchev–Trinajstić information content (AvgIpc) is 2.42. The molecule has 2 nitrogen and oxygen atoms in total. The van der Waals surface area contributed by atoms with Crippen LogP contribution in [0.2, 0.25) is 0 Å². The largest absolute Gasteiger partial charge is 0.375 e. The van der Waals surface area contributed by atoms with E-state index in [4.69, 9.17) is 10.5 Å². The third-order valence-corrected chi connectivity index (χ3v) is 3.36. The molecule has 0 saturated heterocycles. The molecule has 0 aliphatic rings. The van der Waals surface area contributed by atoms with Crippen LogP contribution in [0.4, 0.5) is 8.78 Å². The number of hydrogen-bond donors (Lipinski definition) is 1. The predicted molar refractivity (Wildman–Crippen MR) is 73.5 cm³/mol. The summed E-state index contributed by atoms with van der Waals surface area (Å²) >= 11 is 0. The quantitative estimate of drug-likeness (QED) is 0.728. The lowest BCUT2D eigenvalue weighted by molar-refractivity contribution is 0.0152. The van der Waals surface area contributed by atoms with Gasteiger partial charge in [0, 0.05) is 12.6 Å². The molecule has 0 spiro atoms. The van der Waals surface area contributed by atoms with Crippen LogP contribution in [0.1, 0.15) is 49.8 Å². The molecule has 1 aromatic rings. The molecule has 2 unspecified atom stereocenters. The summed E-state index contributed by atoms with van der Waals surface area (Å²) in [5.74, 6) is 0.541. The zero-order chi connectivity index (χ0) is 14.3. The molecule has 0 amide bonds. The molecule has 1 rings (SSSR count). The van der Waals surface area contributed by atoms with Crippen molar-refractivity contribution >= 4 is 0 Å². The Bertz CT molecular complexity index is 354. The van der Waals surface area contributed by atoms with Crippen LogP contribution in [-0.2, 0) is 4.74 Å². The second kappa shape index (κ2) is 8.23. The fraction of sp³-hybridized carbons (Fsp3) is 0.600. The molecule has 2 N–H and O–H groups in total. The first kappa shape index (κ1) is 16.1. The average molecular weight is 271 g/mol. The lowest BCUT2D eigenvalue weighted by Crippen LogP contribution is -2.15. The summed E-state index contributed by atoms with van der Waals surface area (Å²) in [4.78, 5) is 0. The van der Waals surface area contributed by atoms with Crippen LogP contribution in [0.15, 0.2) is 24.3 Å². The van der Waals surface area contributed by atoms with Gasteiger partial charge in [-0.2, -0.15) is 0 Å². The van der Waals surface area contributed by atoms with Crippen molar-refractivity contribution in [1.29, 1.82) is 0 Å². The van der Waals surface area contributed by atoms with E-state index in [0.29, 0.717) is 12.3 Å². The first-order chi connectivity index (χ1) is 9.04. The number of hydrogen-bond acceptors (Lipinski definition) is 2. The van der Waals surface area contributed by atoms with Gasteiger partial charge < -0.3 is 10.5 Å². The highest BCUT2D eigenvalue weighted by molar-refractivity contribution is 5.26. The van der Waals surface area contributed by atoms with E-state index in [0.717, 1.165) is 12.0 Å². The van der Waals surface area contributed by atoms with Gasteiger partial charge in [0.1, 0.15) is 6.61 Å². The van der Waals surface area contributed by atoms with Crippen LogP contribution in [0.3, 0.4) is 0 Å². The summed E-state index contributed by atoms with van der Waals surface area (Å²) < 4.78 is 28.6. The maximum absolute atomic E-state index is 11.9. The van der Waals surface area contributed by atoms with Gasteiger partial charge in [0.2, 0.25) is 0 Å². The van der Waals surface area contributed by atoms with E-state index in [1.807, 2.05) is 12.1 Å². The van der Waals surface area contributed by atoms with E-state index in [1.54, 1.807) is 0 Å². The first-order valence-electron chi connectivity index (χ1n) is 6.76. The standard InChI is InChI=1S/C15H23F2NO/c1-3-11(2)12-4-6-13(7-5-12)14(18)8-9-19-10-15(16)17/h4-7,11,14-15H,3,8-10,18H2,1-2H3. The third-order valence-electron chi connectivity index (χ3n) is 3.36. The Morgan fingerprint density at radius 1 is 1.16 bits per heavy atom. The summed E-state index contributed by atoms with van der Waals surface area (Å²) in [6.45, 7) is 4.09. The second-order valence-electron chi connectivity index (χ2n) is 4.84. The Morgan fingerprint density at radius 3 is 2.26 bits per heavy atom. The van der Waals surface area contributed by atoms with Gasteiger partial charge in [-0.05, 0) is 29.9 Å². The van der Waals surface area contributed by atoms with Gasteiger partial charge in [-0.3, -0.25) is 0 Å². The summed E-state index contributed by atoms with van der Waals surface area (Å²) in [6.07, 6.45) is -0.756. The molecular weight excluding hydrogens is 248 g/mol. The third kappa shape index (κ3) is 5.66. The van der Waals surface area contributed by atoms with Crippen LogP contribution in [0, 0.1) is 0 Å². The van der Waals surface area contributed by atoms with E-state index in [1.165, 1.54) is 5.56 Å². The topological polar surface area (TPSA) is 35.2 Å². The molecule has 0 fully saturated rings. The monoisotopic (exact) mass is 271 g/mol. The smallest absolute Gasteiger partial charge is 0.261 e. The number of ether oxygens (including phenoxy) is 1. The van der Waals surface area contributed by atoms with E-state index < -0.39 is 13.0 Å². The van der Waals surface area contributed by atoms with E-state index in [9.17, 15) is 8.78 Å². The molecule has 4 heteroatoms. The number of alkyl halides is 2. The maximum atomic E-state index is 11.9. The number of nitrogens with two attached hydrogens (primary N) is 1. The molecule has 0 aromatic heterocycles. The molecule has 0 radical (unpaired) electrons. The van der Waals surface area contributed by atoms with Gasteiger partial charge >= 0.3 is 0 Å². The molecule has 108 valence electrons. The van der Waals surface area contributed by atoms with E-state index >= 15 is 0 Å². The van der Waals surface area contributed by atoms with Crippen molar-refractivity contribution in [2.24, 2.45) is 5.73 Å². The van der Waals surface area contributed by atoms with Crippen LogP contribution in [0.25, 0.3) is 0 Å². The number of rotatable bonds is 8. The maximum Gasteiger partial charge on any atom is 0.261 e. The van der Waals surface area contributed by atoms with Crippen LogP contribution < -0.4 is 5.73 Å². The Labute approximate surface area is 114 Å². The minimum atomic E-state index is -2.41. The van der Waals surface area contributed by atoms with Gasteiger partial charge in [-0.1, -0.05) is 38.1 Å². The predicted octanol–water partition coefficient (Wildman–Crippen LogP) is 3.87. The molecule has 2 atom stereocenters. The van der Waals surface area contributed by atoms with E-state index in [2.05, 4.69) is 26.0 Å². The lowest BCUT2D eigenvalue weighted by Gasteiger charge is -2.14. The minimum Gasteiger partial charge on any atom is -0.375 e. The Kier molecular flexibility index (Phi) is 6.95. The summed E-state index contributed by atoms with van der Waals surface area (Å²) in [5, 5.41) is 0. The second-order valence-corrected chi connectivity index (χ2v) is 4.84. The summed E-state index contributed by atoms with van der Waals surface area (Å²) in [5.41, 5.74) is 8.32. The van der Waals surface area contributed by atoms with Crippen molar-refractivity contribution < 1.29 is 13.5 Å². The molecule has 0 saturated carbocycles. The highest BCUT2D eigenvalue weighted by Gasteiger charge is 2.09. The van der Waals surface area contributed by atoms with Crippen molar-refractivity contribution in [2.45, 2.75) is 45.1 Å². The van der Waals surface area contributed by atoms with Gasteiger partial charge in [-0.25, -0.2) is 8.78 Å². The van der Waals surface area contributed by atoms with Crippen LogP contribution in [0.5, 0.6) is 0 Å². The normalized spacial score (nSPS) is 14.6. The Balaban J connectivity index is 2.42. The zero-order valence-corrected chi connectivity index (χ0v) is 11.6. The molecule has 0 aliphatic carbocycles. The molecule has 0 heterocycles. The number of benzene rings is 1. The van der Waals surface area contributed by atoms with Crippen molar-refractivity contribution in [3.05, 3.63) is 35.4 Å². The van der Waals surface area contributed by atoms with Gasteiger partial charge in [0.25, 0.3) is 6.43 Å². The molecule has 19 heavy (non-hydrogen) atoms. The fourth-order valence-corrected chi connectivity index (χ4v) is 1.86. The molecular formula is C15H23F2NO. The van der Waals surface area contributed by atoms with Crippen molar-refractivity contribution in [1.82, 2.24) is 0 Å². The minimum absolute atomic E-state index is 0.163. The van der Waals surface area contributed by atoms with Gasteiger partial charge in [0.05, 0.1) is 0 Å². The number of halogens is 2. The highest BCUT2D eigenvalue weighted by atomic mass is 19.3. The van der Waals surface area contributed by atoms with E-state index in [-0.39, 0.29) is 12.6 Å². The van der Waals surface area contributed by atoms with Gasteiger partial charge in [-0.15, -0.1) is 0 Å².